The second kappa shape index (κ2) is 6.71. The number of hydrogen-bond donors (Lipinski definition) is 0. The quantitative estimate of drug-likeness (QED) is 0.497. The summed E-state index contributed by atoms with van der Waals surface area (Å²) in [7, 11) is 0. The van der Waals surface area contributed by atoms with Crippen molar-refractivity contribution in [3.05, 3.63) is 23.8 Å². The minimum atomic E-state index is -0.447. The second-order valence-electron chi connectivity index (χ2n) is 6.45. The van der Waals surface area contributed by atoms with Crippen LogP contribution < -0.4 is 0 Å². The minimum Gasteiger partial charge on any atom is -0.344 e. The molecule has 1 saturated heterocycles. The number of hydrogen-bond acceptors (Lipinski definition) is 2. The third kappa shape index (κ3) is 5.50. The number of ether oxygens (including phenoxy) is 2. The van der Waals surface area contributed by atoms with E-state index in [2.05, 4.69) is 45.9 Å². The normalized spacial score (nSPS) is 26.2. The minimum absolute atomic E-state index is 0.182. The van der Waals surface area contributed by atoms with Crippen molar-refractivity contribution < 1.29 is 9.47 Å². The Labute approximate surface area is 118 Å². The maximum absolute atomic E-state index is 6.00. The van der Waals surface area contributed by atoms with Crippen LogP contribution in [-0.2, 0) is 9.47 Å². The molecule has 0 aliphatic carbocycles. The summed E-state index contributed by atoms with van der Waals surface area (Å²) in [6.07, 6.45) is 11.2. The molecule has 0 N–H and O–H groups in total. The van der Waals surface area contributed by atoms with E-state index in [9.17, 15) is 0 Å². The molecule has 0 radical (unpaired) electrons. The van der Waals surface area contributed by atoms with Crippen molar-refractivity contribution >= 4 is 0 Å². The van der Waals surface area contributed by atoms with Gasteiger partial charge in [0.25, 0.3) is 0 Å². The number of allylic oxidation sites excluding steroid dienone is 4. The van der Waals surface area contributed by atoms with E-state index >= 15 is 0 Å². The van der Waals surface area contributed by atoms with Gasteiger partial charge < -0.3 is 9.47 Å². The zero-order valence-corrected chi connectivity index (χ0v) is 13.5. The van der Waals surface area contributed by atoms with Gasteiger partial charge in [0.2, 0.25) is 0 Å². The summed E-state index contributed by atoms with van der Waals surface area (Å²) in [6.45, 7) is 12.5. The smallest absolute Gasteiger partial charge is 0.164 e. The van der Waals surface area contributed by atoms with Gasteiger partial charge in [-0.1, -0.05) is 23.8 Å². The fraction of sp³-hybridized carbons (Fsp3) is 0.765. The standard InChI is InChI=1S/C17H30O2/c1-7-8-9-10-11-14(2)12-13-15-16(3,4)19-17(5,6)18-15/h7-8,11,15H,9-10,12-13H2,1-6H3/b8-7+,14-11-/t15-/m1/s1. The zero-order chi connectivity index (χ0) is 14.5. The molecule has 19 heavy (non-hydrogen) atoms. The molecule has 110 valence electrons. The molecule has 1 aliphatic heterocycles. The Morgan fingerprint density at radius 1 is 1.16 bits per heavy atom. The first-order valence-electron chi connectivity index (χ1n) is 7.41. The van der Waals surface area contributed by atoms with E-state index in [-0.39, 0.29) is 11.7 Å². The maximum atomic E-state index is 6.00. The Bertz CT molecular complexity index is 337. The first-order chi connectivity index (χ1) is 8.77. The molecule has 1 fully saturated rings. The Hall–Kier alpha value is -0.600. The van der Waals surface area contributed by atoms with Crippen molar-refractivity contribution in [2.45, 2.75) is 84.7 Å². The van der Waals surface area contributed by atoms with Gasteiger partial charge in [-0.25, -0.2) is 0 Å². The summed E-state index contributed by atoms with van der Waals surface area (Å²) >= 11 is 0. The van der Waals surface area contributed by atoms with Gasteiger partial charge in [-0.3, -0.25) is 0 Å². The van der Waals surface area contributed by atoms with Gasteiger partial charge in [0.1, 0.15) is 0 Å². The van der Waals surface area contributed by atoms with Gasteiger partial charge in [0.15, 0.2) is 5.79 Å². The van der Waals surface area contributed by atoms with Gasteiger partial charge >= 0.3 is 0 Å². The fourth-order valence-corrected chi connectivity index (χ4v) is 2.67. The molecule has 0 unspecified atom stereocenters. The monoisotopic (exact) mass is 266 g/mol. The third-order valence-electron chi connectivity index (χ3n) is 3.57. The van der Waals surface area contributed by atoms with Crippen LogP contribution in [0.2, 0.25) is 0 Å². The first kappa shape index (κ1) is 16.5. The Morgan fingerprint density at radius 2 is 1.84 bits per heavy atom. The molecule has 0 aromatic rings. The summed E-state index contributed by atoms with van der Waals surface area (Å²) < 4.78 is 11.9. The predicted molar refractivity (Wildman–Crippen MR) is 81.2 cm³/mol. The summed E-state index contributed by atoms with van der Waals surface area (Å²) in [5.41, 5.74) is 1.27. The summed E-state index contributed by atoms with van der Waals surface area (Å²) in [5, 5.41) is 0. The van der Waals surface area contributed by atoms with Crippen LogP contribution in [0.15, 0.2) is 23.8 Å². The van der Waals surface area contributed by atoms with E-state index in [4.69, 9.17) is 9.47 Å². The molecule has 0 aromatic heterocycles. The van der Waals surface area contributed by atoms with Gasteiger partial charge in [-0.15, -0.1) is 0 Å². The molecule has 1 aliphatic rings. The topological polar surface area (TPSA) is 18.5 Å². The van der Waals surface area contributed by atoms with Crippen molar-refractivity contribution in [1.82, 2.24) is 0 Å². The number of rotatable bonds is 6. The fourth-order valence-electron chi connectivity index (χ4n) is 2.67. The molecule has 1 atom stereocenters. The van der Waals surface area contributed by atoms with Crippen LogP contribution in [0, 0.1) is 0 Å². The average molecular weight is 266 g/mol. The van der Waals surface area contributed by atoms with Crippen LogP contribution in [0.3, 0.4) is 0 Å². The molecule has 2 nitrogen and oxygen atoms in total. The average Bonchev–Trinajstić information content (AvgIpc) is 2.49. The highest BCUT2D eigenvalue weighted by Crippen LogP contribution is 2.38. The summed E-state index contributed by atoms with van der Waals surface area (Å²) in [5.74, 6) is -0.447. The molecular formula is C17H30O2. The van der Waals surface area contributed by atoms with Crippen LogP contribution in [0.1, 0.15) is 67.2 Å². The predicted octanol–water partition coefficient (Wildman–Crippen LogP) is 5.00. The van der Waals surface area contributed by atoms with E-state index in [0.717, 1.165) is 25.7 Å². The lowest BCUT2D eigenvalue weighted by atomic mass is 9.95. The Morgan fingerprint density at radius 3 is 2.37 bits per heavy atom. The largest absolute Gasteiger partial charge is 0.344 e. The Balaban J connectivity index is 2.40. The lowest BCUT2D eigenvalue weighted by Crippen LogP contribution is -2.33. The SMILES string of the molecule is C/C=C/CC/C=C(/C)CC[C@H]1OC(C)(C)OC1(C)C. The molecule has 0 spiro atoms. The van der Waals surface area contributed by atoms with E-state index in [0.29, 0.717) is 0 Å². The highest BCUT2D eigenvalue weighted by molar-refractivity contribution is 5.01. The first-order valence-corrected chi connectivity index (χ1v) is 7.41. The van der Waals surface area contributed by atoms with E-state index < -0.39 is 5.79 Å². The van der Waals surface area contributed by atoms with Crippen molar-refractivity contribution in [2.24, 2.45) is 0 Å². The van der Waals surface area contributed by atoms with Crippen LogP contribution >= 0.6 is 0 Å². The van der Waals surface area contributed by atoms with Crippen LogP contribution in [0.25, 0.3) is 0 Å². The van der Waals surface area contributed by atoms with Crippen LogP contribution in [0.4, 0.5) is 0 Å². The number of unbranched alkanes of at least 4 members (excludes halogenated alkanes) is 1. The summed E-state index contributed by atoms with van der Waals surface area (Å²) in [4.78, 5) is 0. The van der Waals surface area contributed by atoms with Gasteiger partial charge in [0, 0.05) is 0 Å². The van der Waals surface area contributed by atoms with E-state index in [1.54, 1.807) is 0 Å². The van der Waals surface area contributed by atoms with Gasteiger partial charge in [0.05, 0.1) is 11.7 Å². The zero-order valence-electron chi connectivity index (χ0n) is 13.5. The molecule has 0 aromatic carbocycles. The highest BCUT2D eigenvalue weighted by Gasteiger charge is 2.46. The molecule has 1 heterocycles. The molecule has 0 bridgehead atoms. The molecule has 0 amide bonds. The molecule has 2 heteroatoms. The Kier molecular flexibility index (Phi) is 5.82. The molecule has 1 rings (SSSR count). The lowest BCUT2D eigenvalue weighted by molar-refractivity contribution is -0.157. The third-order valence-corrected chi connectivity index (χ3v) is 3.57. The molecule has 0 saturated carbocycles. The van der Waals surface area contributed by atoms with Crippen molar-refractivity contribution in [1.29, 1.82) is 0 Å². The van der Waals surface area contributed by atoms with Crippen molar-refractivity contribution in [3.63, 3.8) is 0 Å². The van der Waals surface area contributed by atoms with E-state index in [1.165, 1.54) is 5.57 Å². The van der Waals surface area contributed by atoms with Crippen molar-refractivity contribution in [3.8, 4) is 0 Å². The van der Waals surface area contributed by atoms with E-state index in [1.807, 2.05) is 13.8 Å². The van der Waals surface area contributed by atoms with Gasteiger partial charge in [-0.05, 0) is 67.2 Å². The van der Waals surface area contributed by atoms with Crippen molar-refractivity contribution in [2.75, 3.05) is 0 Å². The van der Waals surface area contributed by atoms with Crippen LogP contribution in [-0.4, -0.2) is 17.5 Å². The second-order valence-corrected chi connectivity index (χ2v) is 6.45. The maximum Gasteiger partial charge on any atom is 0.164 e. The lowest BCUT2D eigenvalue weighted by Gasteiger charge is -2.24. The van der Waals surface area contributed by atoms with Gasteiger partial charge in [-0.2, -0.15) is 0 Å². The highest BCUT2D eigenvalue weighted by atomic mass is 16.8. The molecular weight excluding hydrogens is 236 g/mol. The van der Waals surface area contributed by atoms with Crippen LogP contribution in [0.5, 0.6) is 0 Å². The summed E-state index contributed by atoms with van der Waals surface area (Å²) in [6, 6.07) is 0.